The minimum atomic E-state index is 0.365. The zero-order chi connectivity index (χ0) is 48.7. The number of rotatable bonds is 19. The number of thiazole rings is 2. The zero-order valence-electron chi connectivity index (χ0n) is 40.3. The van der Waals surface area contributed by atoms with Crippen LogP contribution < -0.4 is 25.6 Å². The van der Waals surface area contributed by atoms with Gasteiger partial charge in [0.25, 0.3) is 7.41 Å². The first-order valence-corrected chi connectivity index (χ1v) is 27.1. The van der Waals surface area contributed by atoms with Crippen LogP contribution in [-0.2, 0) is 7.05 Å². The van der Waals surface area contributed by atoms with Crippen molar-refractivity contribution in [1.29, 1.82) is 10.5 Å². The molecule has 9 rings (SSSR count). The highest BCUT2D eigenvalue weighted by atomic mass is 127. The number of alkyl halides is 1. The van der Waals surface area contributed by atoms with Crippen molar-refractivity contribution in [3.8, 4) is 46.2 Å². The Labute approximate surface area is 433 Å². The minimum Gasteiger partial charge on any atom is -0.493 e. The SMILES string of the molecule is CCCCCCCC(I)C(C)COc1ccc(-c2c3/c(=C(/C#N)c4nc5ccccc5s4)n(C)c(-c4ccc(OCC(C)C)cc4)c3/c(=C(/C#N)c3nc4ccccc4s3)n2[B]c2ccccc2)cc1. The van der Waals surface area contributed by atoms with Gasteiger partial charge in [-0.05, 0) is 96.3 Å². The molecule has 2 atom stereocenters. The molecule has 351 valence electrons. The van der Waals surface area contributed by atoms with E-state index < -0.39 is 0 Å². The van der Waals surface area contributed by atoms with Crippen LogP contribution in [0.15, 0.2) is 127 Å². The molecule has 4 heterocycles. The monoisotopic (exact) mass is 1070 g/mol. The van der Waals surface area contributed by atoms with Crippen molar-refractivity contribution in [2.24, 2.45) is 18.9 Å². The second-order valence-electron chi connectivity index (χ2n) is 18.3. The van der Waals surface area contributed by atoms with E-state index in [0.717, 1.165) is 70.7 Å². The number of nitrogens with zero attached hydrogens (tertiary/aromatic N) is 6. The fourth-order valence-corrected chi connectivity index (χ4v) is 11.6. The molecule has 8 nitrogen and oxygen atoms in total. The first-order valence-electron chi connectivity index (χ1n) is 24.2. The molecule has 0 aliphatic carbocycles. The molecule has 0 spiro atoms. The van der Waals surface area contributed by atoms with Crippen molar-refractivity contribution < 1.29 is 9.47 Å². The summed E-state index contributed by atoms with van der Waals surface area (Å²) >= 11 is 5.61. The predicted octanol–water partition coefficient (Wildman–Crippen LogP) is 13.0. The molecule has 0 saturated heterocycles. The van der Waals surface area contributed by atoms with Crippen molar-refractivity contribution in [3.63, 3.8) is 0 Å². The van der Waals surface area contributed by atoms with Crippen LogP contribution in [0.1, 0.15) is 76.2 Å². The highest BCUT2D eigenvalue weighted by molar-refractivity contribution is 14.1. The Bertz CT molecular complexity index is 3420. The molecule has 0 bridgehead atoms. The molecule has 5 aromatic carbocycles. The third-order valence-electron chi connectivity index (χ3n) is 12.7. The Hall–Kier alpha value is -6.19. The summed E-state index contributed by atoms with van der Waals surface area (Å²) in [5, 5.41) is 27.3. The third kappa shape index (κ3) is 10.3. The van der Waals surface area contributed by atoms with Crippen LogP contribution in [0.3, 0.4) is 0 Å². The van der Waals surface area contributed by atoms with E-state index in [1.54, 1.807) is 0 Å². The molecule has 2 unspecified atom stereocenters. The van der Waals surface area contributed by atoms with E-state index in [1.807, 2.05) is 98.0 Å². The first kappa shape index (κ1) is 48.8. The van der Waals surface area contributed by atoms with E-state index >= 15 is 0 Å². The van der Waals surface area contributed by atoms with E-state index in [2.05, 4.69) is 115 Å². The Morgan fingerprint density at radius 3 is 1.71 bits per heavy atom. The van der Waals surface area contributed by atoms with Gasteiger partial charge in [0, 0.05) is 33.4 Å². The number of unbranched alkanes of at least 4 members (excludes halogenated alkanes) is 4. The Kier molecular flexibility index (Phi) is 15.5. The minimum absolute atomic E-state index is 0.365. The highest BCUT2D eigenvalue weighted by Crippen LogP contribution is 2.38. The number of hydrogen-bond acceptors (Lipinski definition) is 8. The van der Waals surface area contributed by atoms with E-state index in [-0.39, 0.29) is 0 Å². The van der Waals surface area contributed by atoms with Gasteiger partial charge in [-0.15, -0.1) is 22.7 Å². The standard InChI is InChI=1S/C58H55BIN6O2S2/c1-6-7-8-9-13-20-46(60)38(4)36-68-43-31-27-40(28-32-43)54-52-51(56(66(54)59-41-18-11-10-12-19-41)45(34-62)58-64-48-22-15-17-24-50(48)70-58)53(39-25-29-42(30-26-39)67-35-37(2)3)65(5)55(52)44(33-61)57-63-47-21-14-16-23-49(47)69-57/h10-12,14-19,21-32,37-38,46H,6-9,13,20,35-36H2,1-5H3/b55-44+,56-45+. The molecule has 0 aliphatic rings. The molecule has 0 N–H and O–H groups in total. The second kappa shape index (κ2) is 22.3. The average Bonchev–Trinajstić information content (AvgIpc) is 4.15. The van der Waals surface area contributed by atoms with Crippen molar-refractivity contribution in [1.82, 2.24) is 19.0 Å². The lowest BCUT2D eigenvalue weighted by Gasteiger charge is -2.19. The van der Waals surface area contributed by atoms with Gasteiger partial charge in [-0.3, -0.25) is 0 Å². The van der Waals surface area contributed by atoms with Crippen LogP contribution in [0, 0.1) is 34.5 Å². The van der Waals surface area contributed by atoms with Gasteiger partial charge in [0.05, 0.1) is 50.0 Å². The topological polar surface area (TPSA) is 102 Å². The molecular formula is C58H55BIN6O2S2. The van der Waals surface area contributed by atoms with Gasteiger partial charge in [0.2, 0.25) is 0 Å². The lowest BCUT2D eigenvalue weighted by atomic mass is 9.81. The van der Waals surface area contributed by atoms with Gasteiger partial charge < -0.3 is 18.5 Å². The van der Waals surface area contributed by atoms with Gasteiger partial charge in [0.1, 0.15) is 44.8 Å². The average molecular weight is 1070 g/mol. The maximum absolute atomic E-state index is 11.6. The summed E-state index contributed by atoms with van der Waals surface area (Å²) in [7, 11) is 4.12. The van der Waals surface area contributed by atoms with E-state index in [0.29, 0.717) is 60.8 Å². The summed E-state index contributed by atoms with van der Waals surface area (Å²) in [4.78, 5) is 10.2. The predicted molar refractivity (Wildman–Crippen MR) is 300 cm³/mol. The summed E-state index contributed by atoms with van der Waals surface area (Å²) in [6.07, 6.45) is 7.59. The normalized spacial score (nSPS) is 13.3. The second-order valence-corrected chi connectivity index (χ2v) is 22.0. The van der Waals surface area contributed by atoms with E-state index in [4.69, 9.17) is 19.4 Å². The van der Waals surface area contributed by atoms with Gasteiger partial charge in [-0.1, -0.05) is 142 Å². The number of para-hydroxylation sites is 2. The Balaban J connectivity index is 1.34. The van der Waals surface area contributed by atoms with Gasteiger partial charge in [0.15, 0.2) is 0 Å². The first-order chi connectivity index (χ1) is 34.2. The fourth-order valence-electron chi connectivity index (χ4n) is 9.08. The van der Waals surface area contributed by atoms with Crippen LogP contribution in [0.5, 0.6) is 11.5 Å². The molecule has 0 aliphatic heterocycles. The summed E-state index contributed by atoms with van der Waals surface area (Å²) in [6, 6.07) is 48.0. The zero-order valence-corrected chi connectivity index (χ0v) is 44.1. The summed E-state index contributed by atoms with van der Waals surface area (Å²) in [6.45, 7) is 10.0. The number of hydrogen-bond donors (Lipinski definition) is 0. The molecule has 0 fully saturated rings. The largest absolute Gasteiger partial charge is 0.493 e. The van der Waals surface area contributed by atoms with Crippen molar-refractivity contribution >= 4 is 100 Å². The van der Waals surface area contributed by atoms with E-state index in [9.17, 15) is 10.5 Å². The van der Waals surface area contributed by atoms with E-state index in [1.165, 1.54) is 61.2 Å². The maximum atomic E-state index is 11.6. The van der Waals surface area contributed by atoms with Gasteiger partial charge >= 0.3 is 0 Å². The third-order valence-corrected chi connectivity index (χ3v) is 16.7. The summed E-state index contributed by atoms with van der Waals surface area (Å²) in [5.74, 6) is 2.31. The smallest absolute Gasteiger partial charge is 0.291 e. The Morgan fingerprint density at radius 1 is 0.643 bits per heavy atom. The molecule has 9 aromatic rings. The molecule has 4 aromatic heterocycles. The van der Waals surface area contributed by atoms with Gasteiger partial charge in [-0.25, -0.2) is 9.97 Å². The number of ether oxygens (including phenoxy) is 2. The lowest BCUT2D eigenvalue weighted by Crippen LogP contribution is -2.33. The molecule has 0 amide bonds. The van der Waals surface area contributed by atoms with Crippen molar-refractivity contribution in [2.75, 3.05) is 13.2 Å². The van der Waals surface area contributed by atoms with Crippen LogP contribution in [0.4, 0.5) is 0 Å². The summed E-state index contributed by atoms with van der Waals surface area (Å²) in [5.41, 5.74) is 6.90. The number of nitriles is 2. The van der Waals surface area contributed by atoms with Crippen LogP contribution in [-0.4, -0.2) is 43.6 Å². The van der Waals surface area contributed by atoms with Crippen LogP contribution in [0.25, 0.3) is 64.9 Å². The number of fused-ring (bicyclic) bond motifs is 3. The number of halogens is 1. The van der Waals surface area contributed by atoms with Crippen molar-refractivity contribution in [2.45, 2.75) is 70.1 Å². The molecule has 1 radical (unpaired) electrons. The molecule has 12 heteroatoms. The van der Waals surface area contributed by atoms with Crippen LogP contribution >= 0.6 is 45.3 Å². The summed E-state index contributed by atoms with van der Waals surface area (Å²) < 4.78 is 19.5. The molecule has 70 heavy (non-hydrogen) atoms. The fraction of sp³-hybridized carbons (Fsp3) is 0.276. The van der Waals surface area contributed by atoms with Crippen LogP contribution in [0.2, 0.25) is 0 Å². The molecule has 0 saturated carbocycles. The quantitative estimate of drug-likeness (QED) is 0.0346. The Morgan fingerprint density at radius 2 is 1.16 bits per heavy atom. The highest BCUT2D eigenvalue weighted by Gasteiger charge is 2.29. The lowest BCUT2D eigenvalue weighted by molar-refractivity contribution is 0.256. The number of benzene rings is 5. The van der Waals surface area contributed by atoms with Crippen molar-refractivity contribution in [3.05, 3.63) is 148 Å². The number of aromatic nitrogens is 4. The molecular weight excluding hydrogens is 1010 g/mol. The van der Waals surface area contributed by atoms with Gasteiger partial charge in [-0.2, -0.15) is 10.5 Å². The maximum Gasteiger partial charge on any atom is 0.291 e.